The van der Waals surface area contributed by atoms with Crippen LogP contribution in [0.3, 0.4) is 0 Å². The smallest absolute Gasteiger partial charge is 0.410 e. The lowest BCUT2D eigenvalue weighted by Gasteiger charge is -2.44. The molecule has 37 heavy (non-hydrogen) atoms. The van der Waals surface area contributed by atoms with Crippen LogP contribution in [0, 0.1) is 11.7 Å². The summed E-state index contributed by atoms with van der Waals surface area (Å²) in [5.41, 5.74) is 0.463. The van der Waals surface area contributed by atoms with E-state index in [1.807, 2.05) is 45.0 Å². The fourth-order valence-electron chi connectivity index (χ4n) is 5.36. The van der Waals surface area contributed by atoms with E-state index in [0.29, 0.717) is 32.7 Å². The van der Waals surface area contributed by atoms with Crippen LogP contribution < -0.4 is 0 Å². The Morgan fingerprint density at radius 1 is 1.05 bits per heavy atom. The molecule has 2 unspecified atom stereocenters. The summed E-state index contributed by atoms with van der Waals surface area (Å²) in [5.74, 6) is -0.398. The van der Waals surface area contributed by atoms with Gasteiger partial charge in [-0.25, -0.2) is 9.18 Å². The number of piperidine rings is 1. The molecule has 0 aromatic heterocycles. The molecule has 1 amide bonds. The van der Waals surface area contributed by atoms with Gasteiger partial charge in [-0.3, -0.25) is 4.79 Å². The highest BCUT2D eigenvalue weighted by Gasteiger charge is 2.47. The topological polar surface area (TPSA) is 76.1 Å². The first-order valence-electron chi connectivity index (χ1n) is 12.9. The number of carbonyl (C=O) groups is 2. The summed E-state index contributed by atoms with van der Waals surface area (Å²) >= 11 is 0. The van der Waals surface area contributed by atoms with Crippen molar-refractivity contribution in [2.75, 3.05) is 26.3 Å². The molecular weight excluding hydrogens is 473 g/mol. The quantitative estimate of drug-likeness (QED) is 0.590. The summed E-state index contributed by atoms with van der Waals surface area (Å²) in [4.78, 5) is 27.7. The zero-order valence-electron chi connectivity index (χ0n) is 22.4. The number of Topliss-reactive ketones (excluding diaryl/α,β-unsaturated/α-hetero) is 1. The highest BCUT2D eigenvalue weighted by atomic mass is 19.1. The van der Waals surface area contributed by atoms with Crippen LogP contribution in [0.5, 0.6) is 0 Å². The van der Waals surface area contributed by atoms with Gasteiger partial charge < -0.3 is 19.5 Å². The van der Waals surface area contributed by atoms with Crippen LogP contribution in [0.15, 0.2) is 48.5 Å². The fraction of sp³-hybridized carbons (Fsp3) is 0.533. The van der Waals surface area contributed by atoms with Gasteiger partial charge in [0.05, 0.1) is 18.8 Å². The second-order valence-corrected chi connectivity index (χ2v) is 12.0. The molecule has 0 spiro atoms. The number of rotatable bonds is 6. The Labute approximate surface area is 218 Å². The average Bonchev–Trinajstić information content (AvgIpc) is 2.78. The predicted molar refractivity (Wildman–Crippen MR) is 139 cm³/mol. The number of ether oxygens (including phenoxy) is 2. The second-order valence-electron chi connectivity index (χ2n) is 12.0. The standard InChI is InChI=1S/C30H38FNO5/c1-28(2,3)37-27(34)32-15-14-24(25(17-32)29(4,5)35)21-8-10-22(11-9-21)30(18-36-19-30)26(33)16-20-6-12-23(31)13-7-20/h6-13,24-25,35H,14-19H2,1-5H3. The third-order valence-corrected chi connectivity index (χ3v) is 7.57. The Balaban J connectivity index is 1.51. The number of carbonyl (C=O) groups excluding carboxylic acids is 2. The lowest BCUT2D eigenvalue weighted by molar-refractivity contribution is -0.142. The molecule has 2 aromatic carbocycles. The maximum atomic E-state index is 13.3. The van der Waals surface area contributed by atoms with Crippen LogP contribution in [0.25, 0.3) is 0 Å². The molecule has 7 heteroatoms. The first-order chi connectivity index (χ1) is 17.3. The van der Waals surface area contributed by atoms with Gasteiger partial charge in [-0.1, -0.05) is 36.4 Å². The van der Waals surface area contributed by atoms with Gasteiger partial charge >= 0.3 is 6.09 Å². The van der Waals surface area contributed by atoms with Crippen molar-refractivity contribution in [1.82, 2.24) is 4.90 Å². The molecule has 2 aliphatic heterocycles. The third kappa shape index (κ3) is 6.04. The molecule has 4 rings (SSSR count). The molecule has 0 bridgehead atoms. The minimum absolute atomic E-state index is 0.0521. The summed E-state index contributed by atoms with van der Waals surface area (Å²) in [6.07, 6.45) is 0.558. The number of benzene rings is 2. The second kappa shape index (κ2) is 10.2. The maximum absolute atomic E-state index is 13.3. The van der Waals surface area contributed by atoms with Crippen molar-refractivity contribution in [3.63, 3.8) is 0 Å². The molecule has 0 radical (unpaired) electrons. The molecule has 6 nitrogen and oxygen atoms in total. The molecule has 2 fully saturated rings. The molecule has 2 aromatic rings. The van der Waals surface area contributed by atoms with E-state index in [2.05, 4.69) is 0 Å². The number of hydrogen-bond acceptors (Lipinski definition) is 5. The van der Waals surface area contributed by atoms with Gasteiger partial charge in [0.2, 0.25) is 0 Å². The largest absolute Gasteiger partial charge is 0.444 e. The van der Waals surface area contributed by atoms with Crippen molar-refractivity contribution >= 4 is 11.9 Å². The Kier molecular flexibility index (Phi) is 7.50. The van der Waals surface area contributed by atoms with E-state index in [0.717, 1.165) is 16.7 Å². The highest BCUT2D eigenvalue weighted by molar-refractivity contribution is 5.93. The number of ketones is 1. The zero-order valence-corrected chi connectivity index (χ0v) is 22.4. The summed E-state index contributed by atoms with van der Waals surface area (Å²) in [6.45, 7) is 10.7. The molecule has 1 N–H and O–H groups in total. The number of amides is 1. The van der Waals surface area contributed by atoms with Crippen molar-refractivity contribution in [2.24, 2.45) is 5.92 Å². The van der Waals surface area contributed by atoms with E-state index in [1.54, 1.807) is 30.9 Å². The lowest BCUT2D eigenvalue weighted by Crippen LogP contribution is -2.53. The molecule has 0 aliphatic carbocycles. The first-order valence-corrected chi connectivity index (χ1v) is 12.9. The zero-order chi connectivity index (χ0) is 27.0. The van der Waals surface area contributed by atoms with Crippen LogP contribution in [0.4, 0.5) is 9.18 Å². The molecule has 2 saturated heterocycles. The highest BCUT2D eigenvalue weighted by Crippen LogP contribution is 2.41. The van der Waals surface area contributed by atoms with Gasteiger partial charge in [-0.15, -0.1) is 0 Å². The third-order valence-electron chi connectivity index (χ3n) is 7.57. The van der Waals surface area contributed by atoms with E-state index in [9.17, 15) is 19.1 Å². The van der Waals surface area contributed by atoms with Crippen LogP contribution in [0.2, 0.25) is 0 Å². The van der Waals surface area contributed by atoms with Crippen LogP contribution >= 0.6 is 0 Å². The van der Waals surface area contributed by atoms with Gasteiger partial charge in [0.15, 0.2) is 5.78 Å². The Morgan fingerprint density at radius 2 is 1.68 bits per heavy atom. The van der Waals surface area contributed by atoms with Crippen molar-refractivity contribution in [2.45, 2.75) is 70.0 Å². The van der Waals surface area contributed by atoms with E-state index in [-0.39, 0.29) is 36.0 Å². The van der Waals surface area contributed by atoms with Gasteiger partial charge in [0, 0.05) is 25.4 Å². The van der Waals surface area contributed by atoms with E-state index in [1.165, 1.54) is 12.1 Å². The number of halogens is 1. The van der Waals surface area contributed by atoms with E-state index < -0.39 is 16.6 Å². The van der Waals surface area contributed by atoms with Crippen LogP contribution in [-0.4, -0.2) is 59.4 Å². The van der Waals surface area contributed by atoms with Gasteiger partial charge in [-0.2, -0.15) is 0 Å². The van der Waals surface area contributed by atoms with Gasteiger partial charge in [0.1, 0.15) is 16.8 Å². The summed E-state index contributed by atoms with van der Waals surface area (Å²) in [6, 6.07) is 14.1. The first kappa shape index (κ1) is 27.3. The molecule has 0 saturated carbocycles. The Morgan fingerprint density at radius 3 is 2.19 bits per heavy atom. The fourth-order valence-corrected chi connectivity index (χ4v) is 5.36. The summed E-state index contributed by atoms with van der Waals surface area (Å²) in [5, 5.41) is 11.0. The van der Waals surface area contributed by atoms with Crippen molar-refractivity contribution < 1.29 is 28.6 Å². The van der Waals surface area contributed by atoms with Crippen LogP contribution in [-0.2, 0) is 26.1 Å². The lowest BCUT2D eigenvalue weighted by atomic mass is 9.70. The molecule has 2 heterocycles. The normalized spacial score (nSPS) is 21.8. The Hall–Kier alpha value is -2.77. The van der Waals surface area contributed by atoms with Crippen molar-refractivity contribution in [1.29, 1.82) is 0 Å². The SMILES string of the molecule is CC(C)(C)OC(=O)N1CCC(c2ccc(C3(C(=O)Cc4ccc(F)cc4)COC3)cc2)C(C(C)(C)O)C1. The minimum Gasteiger partial charge on any atom is -0.444 e. The Bertz CT molecular complexity index is 1110. The minimum atomic E-state index is -1.00. The number of hydrogen-bond donors (Lipinski definition) is 1. The van der Waals surface area contributed by atoms with E-state index in [4.69, 9.17) is 9.47 Å². The molecular formula is C30H38FNO5. The molecule has 2 atom stereocenters. The number of likely N-dealkylation sites (tertiary alicyclic amines) is 1. The predicted octanol–water partition coefficient (Wildman–Crippen LogP) is 5.02. The average molecular weight is 512 g/mol. The van der Waals surface area contributed by atoms with Gasteiger partial charge in [0.25, 0.3) is 0 Å². The monoisotopic (exact) mass is 511 g/mol. The maximum Gasteiger partial charge on any atom is 0.410 e. The van der Waals surface area contributed by atoms with Crippen molar-refractivity contribution in [3.05, 3.63) is 71.0 Å². The van der Waals surface area contributed by atoms with Crippen LogP contribution in [0.1, 0.15) is 63.6 Å². The number of nitrogens with zero attached hydrogens (tertiary/aromatic N) is 1. The van der Waals surface area contributed by atoms with Crippen molar-refractivity contribution in [3.8, 4) is 0 Å². The molecule has 2 aliphatic rings. The summed E-state index contributed by atoms with van der Waals surface area (Å²) < 4.78 is 24.3. The summed E-state index contributed by atoms with van der Waals surface area (Å²) in [7, 11) is 0. The van der Waals surface area contributed by atoms with E-state index >= 15 is 0 Å². The van der Waals surface area contributed by atoms with Gasteiger partial charge in [-0.05, 0) is 75.8 Å². The molecule has 200 valence electrons. The number of aliphatic hydroxyl groups is 1.